The lowest BCUT2D eigenvalue weighted by Gasteiger charge is -2.24. The van der Waals surface area contributed by atoms with Gasteiger partial charge in [0.25, 0.3) is 0 Å². The van der Waals surface area contributed by atoms with Gasteiger partial charge in [-0.1, -0.05) is 32.3 Å². The molecule has 3 nitrogen and oxygen atoms in total. The van der Waals surface area contributed by atoms with E-state index in [0.29, 0.717) is 6.04 Å². The summed E-state index contributed by atoms with van der Waals surface area (Å²) in [5, 5.41) is 3.76. The molecule has 0 aromatic carbocycles. The number of fused-ring (bicyclic) bond motifs is 1. The zero-order chi connectivity index (χ0) is 13.2. The quantitative estimate of drug-likeness (QED) is 0.902. The molecule has 102 valence electrons. The number of pyridine rings is 1. The van der Waals surface area contributed by atoms with Gasteiger partial charge in [-0.15, -0.1) is 0 Å². The Morgan fingerprint density at radius 1 is 1.26 bits per heavy atom. The molecule has 2 heterocycles. The van der Waals surface area contributed by atoms with Gasteiger partial charge in [0.15, 0.2) is 0 Å². The normalized spacial score (nSPS) is 16.9. The summed E-state index contributed by atoms with van der Waals surface area (Å²) in [7, 11) is 0. The molecule has 0 aliphatic heterocycles. The van der Waals surface area contributed by atoms with Gasteiger partial charge in [0.1, 0.15) is 11.5 Å². The second kappa shape index (κ2) is 5.24. The Hall–Kier alpha value is -1.51. The van der Waals surface area contributed by atoms with Crippen molar-refractivity contribution in [2.75, 3.05) is 5.32 Å². The Morgan fingerprint density at radius 2 is 2.05 bits per heavy atom. The summed E-state index contributed by atoms with van der Waals surface area (Å²) < 4.78 is 2.27. The van der Waals surface area contributed by atoms with Crippen LogP contribution in [0.2, 0.25) is 0 Å². The summed E-state index contributed by atoms with van der Waals surface area (Å²) in [6.45, 7) is 4.34. The predicted octanol–water partition coefficient (Wildman–Crippen LogP) is 3.95. The first kappa shape index (κ1) is 12.5. The molecule has 1 aliphatic rings. The Kier molecular flexibility index (Phi) is 3.45. The molecule has 0 saturated heterocycles. The van der Waals surface area contributed by atoms with Gasteiger partial charge >= 0.3 is 0 Å². The van der Waals surface area contributed by atoms with Crippen molar-refractivity contribution in [3.63, 3.8) is 0 Å². The van der Waals surface area contributed by atoms with Crippen LogP contribution in [0.4, 0.5) is 5.82 Å². The SMILES string of the molecule is CCc1nc2cccc(C)n2c1NC1CCCCC1. The minimum atomic E-state index is 0.624. The molecule has 3 rings (SSSR count). The minimum absolute atomic E-state index is 0.624. The van der Waals surface area contributed by atoms with Crippen LogP contribution in [-0.4, -0.2) is 15.4 Å². The van der Waals surface area contributed by atoms with Crippen molar-refractivity contribution in [1.29, 1.82) is 0 Å². The Labute approximate surface area is 115 Å². The molecular formula is C16H23N3. The number of aromatic nitrogens is 2. The fraction of sp³-hybridized carbons (Fsp3) is 0.562. The van der Waals surface area contributed by atoms with Gasteiger partial charge in [-0.2, -0.15) is 0 Å². The summed E-state index contributed by atoms with van der Waals surface area (Å²) in [6, 6.07) is 6.96. The first-order valence-corrected chi connectivity index (χ1v) is 7.53. The molecule has 0 unspecified atom stereocenters. The predicted molar refractivity (Wildman–Crippen MR) is 79.8 cm³/mol. The van der Waals surface area contributed by atoms with Crippen molar-refractivity contribution in [2.45, 2.75) is 58.4 Å². The Bertz CT molecular complexity index is 565. The summed E-state index contributed by atoms with van der Waals surface area (Å²) >= 11 is 0. The van der Waals surface area contributed by atoms with Crippen molar-refractivity contribution in [3.05, 3.63) is 29.6 Å². The van der Waals surface area contributed by atoms with E-state index in [0.717, 1.165) is 12.1 Å². The minimum Gasteiger partial charge on any atom is -0.367 e. The van der Waals surface area contributed by atoms with Crippen LogP contribution in [0, 0.1) is 6.92 Å². The van der Waals surface area contributed by atoms with Gasteiger partial charge in [0.05, 0.1) is 5.69 Å². The number of nitrogens with zero attached hydrogens (tertiary/aromatic N) is 2. The monoisotopic (exact) mass is 257 g/mol. The molecule has 3 heteroatoms. The van der Waals surface area contributed by atoms with Gasteiger partial charge in [-0.05, 0) is 38.3 Å². The number of rotatable bonds is 3. The molecule has 1 fully saturated rings. The van der Waals surface area contributed by atoms with Crippen LogP contribution in [0.3, 0.4) is 0 Å². The second-order valence-corrected chi connectivity index (χ2v) is 5.60. The van der Waals surface area contributed by atoms with E-state index in [1.165, 1.54) is 49.3 Å². The number of anilines is 1. The molecule has 0 atom stereocenters. The molecule has 19 heavy (non-hydrogen) atoms. The molecule has 1 saturated carbocycles. The summed E-state index contributed by atoms with van der Waals surface area (Å²) in [4.78, 5) is 4.76. The molecule has 0 radical (unpaired) electrons. The van der Waals surface area contributed by atoms with E-state index in [9.17, 15) is 0 Å². The number of aryl methyl sites for hydroxylation is 2. The number of nitrogens with one attached hydrogen (secondary N) is 1. The summed E-state index contributed by atoms with van der Waals surface area (Å²) in [5.74, 6) is 1.22. The van der Waals surface area contributed by atoms with Crippen molar-refractivity contribution < 1.29 is 0 Å². The maximum atomic E-state index is 4.76. The zero-order valence-corrected chi connectivity index (χ0v) is 11.9. The van der Waals surface area contributed by atoms with E-state index < -0.39 is 0 Å². The van der Waals surface area contributed by atoms with E-state index in [1.807, 2.05) is 0 Å². The van der Waals surface area contributed by atoms with E-state index >= 15 is 0 Å². The Balaban J connectivity index is 2.00. The topological polar surface area (TPSA) is 29.3 Å². The molecular weight excluding hydrogens is 234 g/mol. The van der Waals surface area contributed by atoms with Crippen LogP contribution in [0.25, 0.3) is 5.65 Å². The number of hydrogen-bond acceptors (Lipinski definition) is 2. The van der Waals surface area contributed by atoms with E-state index in [2.05, 4.69) is 41.8 Å². The molecule has 1 aliphatic carbocycles. The van der Waals surface area contributed by atoms with Crippen LogP contribution < -0.4 is 5.32 Å². The first-order valence-electron chi connectivity index (χ1n) is 7.53. The van der Waals surface area contributed by atoms with Crippen LogP contribution in [-0.2, 0) is 6.42 Å². The average molecular weight is 257 g/mol. The molecule has 2 aromatic rings. The van der Waals surface area contributed by atoms with Crippen molar-refractivity contribution in [2.24, 2.45) is 0 Å². The number of imidazole rings is 1. The number of hydrogen-bond donors (Lipinski definition) is 1. The van der Waals surface area contributed by atoms with Gasteiger partial charge in [0, 0.05) is 11.7 Å². The third-order valence-electron chi connectivity index (χ3n) is 4.19. The lowest BCUT2D eigenvalue weighted by Crippen LogP contribution is -2.23. The standard InChI is InChI=1S/C16H23N3/c1-3-14-16(17-13-9-5-4-6-10-13)19-12(2)8-7-11-15(19)18-14/h7-8,11,13,17H,3-6,9-10H2,1-2H3. The summed E-state index contributed by atoms with van der Waals surface area (Å²) in [6.07, 6.45) is 7.68. The van der Waals surface area contributed by atoms with Crippen LogP contribution in [0.15, 0.2) is 18.2 Å². The highest BCUT2D eigenvalue weighted by atomic mass is 15.2. The lowest BCUT2D eigenvalue weighted by atomic mass is 9.95. The van der Waals surface area contributed by atoms with Crippen molar-refractivity contribution in [1.82, 2.24) is 9.38 Å². The highest BCUT2D eigenvalue weighted by Gasteiger charge is 2.18. The molecule has 0 amide bonds. The van der Waals surface area contributed by atoms with Gasteiger partial charge in [0.2, 0.25) is 0 Å². The second-order valence-electron chi connectivity index (χ2n) is 5.60. The third kappa shape index (κ3) is 2.34. The largest absolute Gasteiger partial charge is 0.367 e. The van der Waals surface area contributed by atoms with Gasteiger partial charge in [-0.25, -0.2) is 4.98 Å². The van der Waals surface area contributed by atoms with Gasteiger partial charge in [-0.3, -0.25) is 4.40 Å². The van der Waals surface area contributed by atoms with Gasteiger partial charge < -0.3 is 5.32 Å². The molecule has 0 spiro atoms. The molecule has 1 N–H and O–H groups in total. The molecule has 0 bridgehead atoms. The van der Waals surface area contributed by atoms with E-state index in [-0.39, 0.29) is 0 Å². The smallest absolute Gasteiger partial charge is 0.138 e. The van der Waals surface area contributed by atoms with Crippen LogP contribution >= 0.6 is 0 Å². The van der Waals surface area contributed by atoms with Crippen LogP contribution in [0.5, 0.6) is 0 Å². The zero-order valence-electron chi connectivity index (χ0n) is 11.9. The van der Waals surface area contributed by atoms with Crippen molar-refractivity contribution in [3.8, 4) is 0 Å². The third-order valence-corrected chi connectivity index (χ3v) is 4.19. The molecule has 2 aromatic heterocycles. The van der Waals surface area contributed by atoms with E-state index in [4.69, 9.17) is 4.98 Å². The maximum Gasteiger partial charge on any atom is 0.138 e. The fourth-order valence-corrected chi connectivity index (χ4v) is 3.14. The van der Waals surface area contributed by atoms with E-state index in [1.54, 1.807) is 0 Å². The maximum absolute atomic E-state index is 4.76. The highest BCUT2D eigenvalue weighted by Crippen LogP contribution is 2.26. The average Bonchev–Trinajstić information content (AvgIpc) is 2.79. The Morgan fingerprint density at radius 3 is 2.79 bits per heavy atom. The fourth-order valence-electron chi connectivity index (χ4n) is 3.14. The lowest BCUT2D eigenvalue weighted by molar-refractivity contribution is 0.461. The van der Waals surface area contributed by atoms with Crippen LogP contribution in [0.1, 0.15) is 50.4 Å². The highest BCUT2D eigenvalue weighted by molar-refractivity contribution is 5.57. The van der Waals surface area contributed by atoms with Crippen molar-refractivity contribution >= 4 is 11.5 Å². The summed E-state index contributed by atoms with van der Waals surface area (Å²) in [5.41, 5.74) is 3.51. The first-order chi connectivity index (χ1) is 9.29.